The first kappa shape index (κ1) is 12.2. The Balaban J connectivity index is 1.59. The summed E-state index contributed by atoms with van der Waals surface area (Å²) >= 11 is 0. The van der Waals surface area contributed by atoms with Gasteiger partial charge in [0.15, 0.2) is 0 Å². The lowest BCUT2D eigenvalue weighted by atomic mass is 9.81. The SMILES string of the molecule is CC(CC1CCC1)Nc1ccc(-n2nccn2)cc1. The molecule has 0 radical (unpaired) electrons. The maximum absolute atomic E-state index is 4.12. The maximum Gasteiger partial charge on any atom is 0.0858 e. The van der Waals surface area contributed by atoms with Crippen molar-refractivity contribution < 1.29 is 0 Å². The van der Waals surface area contributed by atoms with E-state index in [1.54, 1.807) is 17.2 Å². The summed E-state index contributed by atoms with van der Waals surface area (Å²) in [6, 6.07) is 8.81. The molecule has 0 spiro atoms. The zero-order valence-corrected chi connectivity index (χ0v) is 11.3. The van der Waals surface area contributed by atoms with Crippen molar-refractivity contribution in [1.82, 2.24) is 15.0 Å². The van der Waals surface area contributed by atoms with Crippen molar-refractivity contribution in [2.45, 2.75) is 38.6 Å². The van der Waals surface area contributed by atoms with Crippen molar-refractivity contribution in [2.75, 3.05) is 5.32 Å². The number of nitrogens with one attached hydrogen (secondary N) is 1. The van der Waals surface area contributed by atoms with Crippen molar-refractivity contribution in [2.24, 2.45) is 5.92 Å². The summed E-state index contributed by atoms with van der Waals surface area (Å²) in [7, 11) is 0. The van der Waals surface area contributed by atoms with Gasteiger partial charge in [0.1, 0.15) is 0 Å². The average molecular weight is 256 g/mol. The standard InChI is InChI=1S/C15H20N4/c1-12(11-13-3-2-4-13)18-14-5-7-15(8-6-14)19-16-9-10-17-19/h5-10,12-13,18H,2-4,11H2,1H3. The molecule has 1 saturated carbocycles. The molecule has 1 aromatic carbocycles. The largest absolute Gasteiger partial charge is 0.383 e. The molecule has 1 heterocycles. The molecule has 3 rings (SSSR count). The second kappa shape index (κ2) is 5.43. The van der Waals surface area contributed by atoms with Gasteiger partial charge in [0.2, 0.25) is 0 Å². The Morgan fingerprint density at radius 2 is 1.89 bits per heavy atom. The second-order valence-corrected chi connectivity index (χ2v) is 5.44. The Morgan fingerprint density at radius 1 is 1.21 bits per heavy atom. The lowest BCUT2D eigenvalue weighted by Crippen LogP contribution is -2.23. The van der Waals surface area contributed by atoms with Gasteiger partial charge in [-0.05, 0) is 43.5 Å². The quantitative estimate of drug-likeness (QED) is 0.893. The molecule has 1 atom stereocenters. The third kappa shape index (κ3) is 2.95. The number of aromatic nitrogens is 3. The van der Waals surface area contributed by atoms with Crippen LogP contribution >= 0.6 is 0 Å². The predicted octanol–water partition coefficient (Wildman–Crippen LogP) is 3.26. The molecule has 4 heteroatoms. The van der Waals surface area contributed by atoms with Crippen LogP contribution in [0.3, 0.4) is 0 Å². The van der Waals surface area contributed by atoms with Gasteiger partial charge in [-0.2, -0.15) is 15.0 Å². The number of nitrogens with zero attached hydrogens (tertiary/aromatic N) is 3. The van der Waals surface area contributed by atoms with Gasteiger partial charge in [-0.15, -0.1) is 0 Å². The predicted molar refractivity (Wildman–Crippen MR) is 76.4 cm³/mol. The molecule has 0 saturated heterocycles. The first-order chi connectivity index (χ1) is 9.31. The number of benzene rings is 1. The number of anilines is 1. The van der Waals surface area contributed by atoms with Gasteiger partial charge < -0.3 is 5.32 Å². The second-order valence-electron chi connectivity index (χ2n) is 5.44. The molecule has 1 unspecified atom stereocenters. The van der Waals surface area contributed by atoms with E-state index in [0.717, 1.165) is 11.6 Å². The molecular formula is C15H20N4. The molecular weight excluding hydrogens is 236 g/mol. The van der Waals surface area contributed by atoms with Crippen LogP contribution in [0.25, 0.3) is 5.69 Å². The van der Waals surface area contributed by atoms with Crippen LogP contribution < -0.4 is 5.32 Å². The molecule has 1 aromatic heterocycles. The fourth-order valence-corrected chi connectivity index (χ4v) is 2.61. The van der Waals surface area contributed by atoms with Crippen LogP contribution in [-0.4, -0.2) is 21.0 Å². The van der Waals surface area contributed by atoms with Crippen LogP contribution in [0.1, 0.15) is 32.6 Å². The van der Waals surface area contributed by atoms with Crippen molar-refractivity contribution in [1.29, 1.82) is 0 Å². The highest BCUT2D eigenvalue weighted by Crippen LogP contribution is 2.31. The summed E-state index contributed by atoms with van der Waals surface area (Å²) in [5.74, 6) is 0.940. The van der Waals surface area contributed by atoms with E-state index in [2.05, 4.69) is 34.6 Å². The highest BCUT2D eigenvalue weighted by molar-refractivity contribution is 5.48. The monoisotopic (exact) mass is 256 g/mol. The normalized spacial score (nSPS) is 16.9. The van der Waals surface area contributed by atoms with Crippen LogP contribution in [0.4, 0.5) is 5.69 Å². The molecule has 0 aliphatic heterocycles. The van der Waals surface area contributed by atoms with E-state index in [0.29, 0.717) is 6.04 Å². The first-order valence-electron chi connectivity index (χ1n) is 7.04. The van der Waals surface area contributed by atoms with Gasteiger partial charge in [0, 0.05) is 11.7 Å². The van der Waals surface area contributed by atoms with E-state index >= 15 is 0 Å². The minimum atomic E-state index is 0.541. The fraction of sp³-hybridized carbons (Fsp3) is 0.467. The van der Waals surface area contributed by atoms with Gasteiger partial charge in [-0.25, -0.2) is 0 Å². The minimum Gasteiger partial charge on any atom is -0.383 e. The molecule has 1 N–H and O–H groups in total. The highest BCUT2D eigenvalue weighted by atomic mass is 15.5. The van der Waals surface area contributed by atoms with E-state index < -0.39 is 0 Å². The summed E-state index contributed by atoms with van der Waals surface area (Å²) in [5.41, 5.74) is 2.16. The Kier molecular flexibility index (Phi) is 3.49. The fourth-order valence-electron chi connectivity index (χ4n) is 2.61. The van der Waals surface area contributed by atoms with Crippen LogP contribution in [-0.2, 0) is 0 Å². The number of hydrogen-bond donors (Lipinski definition) is 1. The van der Waals surface area contributed by atoms with E-state index in [1.165, 1.54) is 31.4 Å². The third-order valence-corrected chi connectivity index (χ3v) is 3.84. The summed E-state index contributed by atoms with van der Waals surface area (Å²) < 4.78 is 0. The van der Waals surface area contributed by atoms with Crippen LogP contribution in [0.2, 0.25) is 0 Å². The Labute approximate surface area is 113 Å². The van der Waals surface area contributed by atoms with Crippen molar-refractivity contribution in [3.63, 3.8) is 0 Å². The summed E-state index contributed by atoms with van der Waals surface area (Å²) in [6.07, 6.45) is 8.90. The number of hydrogen-bond acceptors (Lipinski definition) is 3. The van der Waals surface area contributed by atoms with E-state index in [9.17, 15) is 0 Å². The average Bonchev–Trinajstić information content (AvgIpc) is 2.89. The van der Waals surface area contributed by atoms with E-state index in [4.69, 9.17) is 0 Å². The Hall–Kier alpha value is -1.84. The Bertz CT molecular complexity index is 499. The molecule has 0 amide bonds. The molecule has 1 aliphatic carbocycles. The lowest BCUT2D eigenvalue weighted by molar-refractivity contribution is 0.286. The summed E-state index contributed by atoms with van der Waals surface area (Å²) in [4.78, 5) is 1.63. The minimum absolute atomic E-state index is 0.541. The highest BCUT2D eigenvalue weighted by Gasteiger charge is 2.19. The number of rotatable bonds is 5. The van der Waals surface area contributed by atoms with Crippen molar-refractivity contribution in [3.8, 4) is 5.69 Å². The Morgan fingerprint density at radius 3 is 2.47 bits per heavy atom. The van der Waals surface area contributed by atoms with Gasteiger partial charge in [-0.3, -0.25) is 0 Å². The molecule has 0 bridgehead atoms. The smallest absolute Gasteiger partial charge is 0.0858 e. The van der Waals surface area contributed by atoms with Gasteiger partial charge in [0.25, 0.3) is 0 Å². The third-order valence-electron chi connectivity index (χ3n) is 3.84. The summed E-state index contributed by atoms with van der Waals surface area (Å²) in [5, 5.41) is 11.8. The van der Waals surface area contributed by atoms with Crippen molar-refractivity contribution in [3.05, 3.63) is 36.7 Å². The molecule has 2 aromatic rings. The summed E-state index contributed by atoms with van der Waals surface area (Å²) in [6.45, 7) is 2.27. The topological polar surface area (TPSA) is 42.7 Å². The zero-order chi connectivity index (χ0) is 13.1. The molecule has 1 fully saturated rings. The van der Waals surface area contributed by atoms with Crippen molar-refractivity contribution >= 4 is 5.69 Å². The maximum atomic E-state index is 4.12. The van der Waals surface area contributed by atoms with Crippen LogP contribution in [0.5, 0.6) is 0 Å². The molecule has 19 heavy (non-hydrogen) atoms. The van der Waals surface area contributed by atoms with Crippen LogP contribution in [0.15, 0.2) is 36.7 Å². The molecule has 4 nitrogen and oxygen atoms in total. The van der Waals surface area contributed by atoms with Gasteiger partial charge in [0.05, 0.1) is 18.1 Å². The van der Waals surface area contributed by atoms with Gasteiger partial charge in [-0.1, -0.05) is 19.3 Å². The van der Waals surface area contributed by atoms with Crippen LogP contribution in [0, 0.1) is 5.92 Å². The zero-order valence-electron chi connectivity index (χ0n) is 11.3. The molecule has 100 valence electrons. The van der Waals surface area contributed by atoms with Gasteiger partial charge >= 0.3 is 0 Å². The lowest BCUT2D eigenvalue weighted by Gasteiger charge is -2.28. The molecule has 1 aliphatic rings. The van der Waals surface area contributed by atoms with E-state index in [-0.39, 0.29) is 0 Å². The van der Waals surface area contributed by atoms with E-state index in [1.807, 2.05) is 12.1 Å². The first-order valence-corrected chi connectivity index (χ1v) is 7.04.